The van der Waals surface area contributed by atoms with Crippen molar-refractivity contribution in [3.8, 4) is 0 Å². The number of benzene rings is 1. The van der Waals surface area contributed by atoms with Crippen molar-refractivity contribution >= 4 is 16.9 Å². The van der Waals surface area contributed by atoms with Crippen LogP contribution in [0.25, 0.3) is 10.9 Å². The predicted octanol–water partition coefficient (Wildman–Crippen LogP) is 3.13. The minimum absolute atomic E-state index is 0.120. The molecule has 1 heterocycles. The molecule has 1 atom stereocenters. The topological polar surface area (TPSA) is 50.2 Å². The van der Waals surface area contributed by atoms with Crippen molar-refractivity contribution in [2.45, 2.75) is 20.3 Å². The summed E-state index contributed by atoms with van der Waals surface area (Å²) in [6.45, 7) is 3.89. The summed E-state index contributed by atoms with van der Waals surface area (Å²) in [5.41, 5.74) is 1.98. The van der Waals surface area contributed by atoms with E-state index in [9.17, 15) is 9.90 Å². The number of nitrogens with zero attached hydrogens (tertiary/aromatic N) is 1. The molecule has 0 fully saturated rings. The van der Waals surface area contributed by atoms with Gasteiger partial charge in [0, 0.05) is 11.6 Å². The van der Waals surface area contributed by atoms with Gasteiger partial charge in [-0.1, -0.05) is 32.0 Å². The lowest BCUT2D eigenvalue weighted by Crippen LogP contribution is -2.22. The average Bonchev–Trinajstić information content (AvgIpc) is 2.35. The maximum absolute atomic E-state index is 11.3. The van der Waals surface area contributed by atoms with Crippen LogP contribution in [0.15, 0.2) is 36.5 Å². The fraction of sp³-hybridized carbons (Fsp3) is 0.333. The second-order valence-corrected chi connectivity index (χ2v) is 4.88. The Morgan fingerprint density at radius 3 is 2.67 bits per heavy atom. The smallest absolute Gasteiger partial charge is 0.307 e. The fourth-order valence-electron chi connectivity index (χ4n) is 2.18. The summed E-state index contributed by atoms with van der Waals surface area (Å²) in [6.07, 6.45) is 2.30. The third-order valence-corrected chi connectivity index (χ3v) is 3.30. The number of fused-ring (bicyclic) bond motifs is 1. The number of hydrogen-bond acceptors (Lipinski definition) is 2. The van der Waals surface area contributed by atoms with Crippen LogP contribution in [-0.2, 0) is 11.2 Å². The number of pyridine rings is 1. The molecule has 0 saturated heterocycles. The molecule has 1 N–H and O–H groups in total. The maximum Gasteiger partial charge on any atom is 0.307 e. The number of aromatic nitrogens is 1. The molecule has 0 radical (unpaired) electrons. The standard InChI is InChI=1S/C15H17NO2/c1-10(2)13(15(17)18)9-11-7-8-16-14-6-4-3-5-12(11)14/h3-8,10,13H,9H2,1-2H3,(H,17,18). The Balaban J connectivity index is 2.39. The fourth-order valence-corrected chi connectivity index (χ4v) is 2.18. The number of carbonyl (C=O) groups is 1. The highest BCUT2D eigenvalue weighted by atomic mass is 16.4. The van der Waals surface area contributed by atoms with Gasteiger partial charge in [0.25, 0.3) is 0 Å². The summed E-state index contributed by atoms with van der Waals surface area (Å²) < 4.78 is 0. The van der Waals surface area contributed by atoms with E-state index in [0.717, 1.165) is 16.5 Å². The van der Waals surface area contributed by atoms with E-state index >= 15 is 0 Å². The molecule has 0 amide bonds. The van der Waals surface area contributed by atoms with Gasteiger partial charge in [-0.3, -0.25) is 9.78 Å². The van der Waals surface area contributed by atoms with E-state index in [0.29, 0.717) is 6.42 Å². The Hall–Kier alpha value is -1.90. The quantitative estimate of drug-likeness (QED) is 0.897. The molecule has 3 nitrogen and oxygen atoms in total. The predicted molar refractivity (Wildman–Crippen MR) is 71.4 cm³/mol. The van der Waals surface area contributed by atoms with Crippen LogP contribution < -0.4 is 0 Å². The second kappa shape index (κ2) is 5.17. The number of rotatable bonds is 4. The Bertz CT molecular complexity index is 558. The van der Waals surface area contributed by atoms with Crippen LogP contribution in [0.1, 0.15) is 19.4 Å². The van der Waals surface area contributed by atoms with Crippen LogP contribution in [-0.4, -0.2) is 16.1 Å². The van der Waals surface area contributed by atoms with Gasteiger partial charge < -0.3 is 5.11 Å². The molecule has 3 heteroatoms. The lowest BCUT2D eigenvalue weighted by Gasteiger charge is -2.17. The molecule has 0 aliphatic heterocycles. The van der Waals surface area contributed by atoms with Crippen LogP contribution in [0, 0.1) is 11.8 Å². The van der Waals surface area contributed by atoms with E-state index in [4.69, 9.17) is 0 Å². The van der Waals surface area contributed by atoms with Crippen LogP contribution in [0.2, 0.25) is 0 Å². The normalized spacial score (nSPS) is 12.8. The first-order chi connectivity index (χ1) is 8.59. The van der Waals surface area contributed by atoms with Crippen molar-refractivity contribution in [2.75, 3.05) is 0 Å². The van der Waals surface area contributed by atoms with Gasteiger partial charge in [-0.15, -0.1) is 0 Å². The van der Waals surface area contributed by atoms with Gasteiger partial charge in [0.1, 0.15) is 0 Å². The van der Waals surface area contributed by atoms with E-state index in [2.05, 4.69) is 4.98 Å². The van der Waals surface area contributed by atoms with Gasteiger partial charge >= 0.3 is 5.97 Å². The van der Waals surface area contributed by atoms with Crippen LogP contribution >= 0.6 is 0 Å². The first kappa shape index (κ1) is 12.6. The lowest BCUT2D eigenvalue weighted by atomic mass is 9.88. The molecule has 1 aromatic carbocycles. The largest absolute Gasteiger partial charge is 0.481 e. The third-order valence-electron chi connectivity index (χ3n) is 3.30. The Kier molecular flexibility index (Phi) is 3.60. The van der Waals surface area contributed by atoms with Gasteiger partial charge in [0.2, 0.25) is 0 Å². The van der Waals surface area contributed by atoms with E-state index in [1.54, 1.807) is 6.20 Å². The number of para-hydroxylation sites is 1. The summed E-state index contributed by atoms with van der Waals surface area (Å²) in [4.78, 5) is 15.6. The molecule has 0 bridgehead atoms. The Morgan fingerprint density at radius 2 is 2.00 bits per heavy atom. The number of hydrogen-bond donors (Lipinski definition) is 1. The highest BCUT2D eigenvalue weighted by molar-refractivity contribution is 5.82. The monoisotopic (exact) mass is 243 g/mol. The van der Waals surface area contributed by atoms with Crippen LogP contribution in [0.5, 0.6) is 0 Å². The molecular weight excluding hydrogens is 226 g/mol. The molecule has 1 unspecified atom stereocenters. The van der Waals surface area contributed by atoms with Crippen molar-refractivity contribution in [3.05, 3.63) is 42.1 Å². The molecule has 0 aliphatic carbocycles. The summed E-state index contributed by atoms with van der Waals surface area (Å²) in [7, 11) is 0. The molecule has 0 aliphatic rings. The van der Waals surface area contributed by atoms with Crippen molar-refractivity contribution in [1.82, 2.24) is 4.98 Å². The van der Waals surface area contributed by atoms with Crippen LogP contribution in [0.4, 0.5) is 0 Å². The summed E-state index contributed by atoms with van der Waals surface area (Å²) >= 11 is 0. The Labute approximate surface area is 106 Å². The van der Waals surface area contributed by atoms with Gasteiger partial charge in [-0.25, -0.2) is 0 Å². The summed E-state index contributed by atoms with van der Waals surface area (Å²) in [6, 6.07) is 9.76. The average molecular weight is 243 g/mol. The minimum Gasteiger partial charge on any atom is -0.481 e. The first-order valence-corrected chi connectivity index (χ1v) is 6.15. The molecule has 94 valence electrons. The number of carboxylic acids is 1. The third kappa shape index (κ3) is 2.50. The number of aliphatic carboxylic acids is 1. The van der Waals surface area contributed by atoms with Crippen molar-refractivity contribution < 1.29 is 9.90 Å². The van der Waals surface area contributed by atoms with Gasteiger partial charge in [0.05, 0.1) is 11.4 Å². The molecule has 2 aromatic rings. The molecule has 0 saturated carbocycles. The van der Waals surface area contributed by atoms with E-state index in [1.165, 1.54) is 0 Å². The zero-order valence-corrected chi connectivity index (χ0v) is 10.6. The van der Waals surface area contributed by atoms with Crippen molar-refractivity contribution in [3.63, 3.8) is 0 Å². The Morgan fingerprint density at radius 1 is 1.28 bits per heavy atom. The second-order valence-electron chi connectivity index (χ2n) is 4.88. The lowest BCUT2D eigenvalue weighted by molar-refractivity contribution is -0.143. The SMILES string of the molecule is CC(C)C(Cc1ccnc2ccccc12)C(=O)O. The minimum atomic E-state index is -0.731. The molecule has 0 spiro atoms. The molecule has 1 aromatic heterocycles. The van der Waals surface area contributed by atoms with Gasteiger partial charge in [-0.05, 0) is 30.0 Å². The first-order valence-electron chi connectivity index (χ1n) is 6.15. The summed E-state index contributed by atoms with van der Waals surface area (Å²) in [5.74, 6) is -0.962. The zero-order chi connectivity index (χ0) is 13.1. The highest BCUT2D eigenvalue weighted by Crippen LogP contribution is 2.23. The van der Waals surface area contributed by atoms with Gasteiger partial charge in [-0.2, -0.15) is 0 Å². The zero-order valence-electron chi connectivity index (χ0n) is 10.6. The van der Waals surface area contributed by atoms with Gasteiger partial charge in [0.15, 0.2) is 0 Å². The summed E-state index contributed by atoms with van der Waals surface area (Å²) in [5, 5.41) is 10.3. The molecule has 2 rings (SSSR count). The highest BCUT2D eigenvalue weighted by Gasteiger charge is 2.22. The molecule has 18 heavy (non-hydrogen) atoms. The van der Waals surface area contributed by atoms with E-state index in [1.807, 2.05) is 44.2 Å². The number of carboxylic acid groups (broad SMARTS) is 1. The van der Waals surface area contributed by atoms with Crippen molar-refractivity contribution in [2.24, 2.45) is 11.8 Å². The van der Waals surface area contributed by atoms with Crippen LogP contribution in [0.3, 0.4) is 0 Å². The van der Waals surface area contributed by atoms with Crippen molar-refractivity contribution in [1.29, 1.82) is 0 Å². The molecular formula is C15H17NO2. The van der Waals surface area contributed by atoms with E-state index in [-0.39, 0.29) is 11.8 Å². The maximum atomic E-state index is 11.3. The van der Waals surface area contributed by atoms with E-state index < -0.39 is 5.97 Å².